The largest absolute Gasteiger partial charge is 0.487 e. The number of ether oxygens (including phenoxy) is 1. The molecule has 0 saturated heterocycles. The quantitative estimate of drug-likeness (QED) is 0.650. The Hall–Kier alpha value is -3.28. The maximum absolute atomic E-state index is 12.1. The number of carbonyl (C=O) groups is 2. The van der Waals surface area contributed by atoms with Crippen LogP contribution in [-0.4, -0.2) is 25.0 Å². The zero-order chi connectivity index (χ0) is 17.4. The van der Waals surface area contributed by atoms with Gasteiger partial charge in [-0.15, -0.1) is 0 Å². The van der Waals surface area contributed by atoms with Crippen molar-refractivity contribution in [3.8, 4) is 5.75 Å². The Morgan fingerprint density at radius 1 is 1.08 bits per heavy atom. The van der Waals surface area contributed by atoms with Crippen molar-refractivity contribution in [2.75, 3.05) is 23.8 Å². The van der Waals surface area contributed by atoms with Gasteiger partial charge in [0.1, 0.15) is 12.4 Å². The highest BCUT2D eigenvalue weighted by atomic mass is 16.5. The molecule has 2 rings (SSSR count). The first kappa shape index (κ1) is 17.1. The number of anilines is 2. The van der Waals surface area contributed by atoms with Crippen molar-refractivity contribution >= 4 is 23.2 Å². The van der Waals surface area contributed by atoms with E-state index in [2.05, 4.69) is 17.2 Å². The highest BCUT2D eigenvalue weighted by Crippen LogP contribution is 2.23. The Bertz CT molecular complexity index is 744. The highest BCUT2D eigenvalue weighted by molar-refractivity contribution is 6.03. The van der Waals surface area contributed by atoms with Gasteiger partial charge in [-0.2, -0.15) is 0 Å². The van der Waals surface area contributed by atoms with Gasteiger partial charge in [0.25, 0.3) is 5.91 Å². The number of hydrogen-bond acceptors (Lipinski definition) is 4. The number of carbonyl (C=O) groups excluding carboxylic acids is 2. The Morgan fingerprint density at radius 3 is 2.46 bits per heavy atom. The van der Waals surface area contributed by atoms with Crippen LogP contribution in [-0.2, 0) is 4.79 Å². The zero-order valence-corrected chi connectivity index (χ0v) is 13.1. The Balaban J connectivity index is 1.99. The molecule has 2 aromatic rings. The maximum atomic E-state index is 12.1. The molecule has 4 N–H and O–H groups in total. The van der Waals surface area contributed by atoms with Gasteiger partial charge < -0.3 is 21.1 Å². The summed E-state index contributed by atoms with van der Waals surface area (Å²) in [5.41, 5.74) is 6.63. The van der Waals surface area contributed by atoms with E-state index in [4.69, 9.17) is 10.5 Å². The van der Waals surface area contributed by atoms with Crippen molar-refractivity contribution in [2.45, 2.75) is 0 Å². The second-order valence-electron chi connectivity index (χ2n) is 4.91. The number of hydrogen-bond donors (Lipinski definition) is 3. The average molecular weight is 325 g/mol. The summed E-state index contributed by atoms with van der Waals surface area (Å²) in [5.74, 6) is -0.271. The minimum Gasteiger partial charge on any atom is -0.487 e. The van der Waals surface area contributed by atoms with Gasteiger partial charge in [0.15, 0.2) is 0 Å². The molecule has 0 saturated carbocycles. The van der Waals surface area contributed by atoms with E-state index in [1.54, 1.807) is 36.4 Å². The van der Waals surface area contributed by atoms with E-state index in [1.165, 1.54) is 0 Å². The van der Waals surface area contributed by atoms with E-state index in [-0.39, 0.29) is 18.0 Å². The number of rotatable bonds is 8. The number of benzene rings is 2. The van der Waals surface area contributed by atoms with Crippen molar-refractivity contribution in [3.63, 3.8) is 0 Å². The minimum atomic E-state index is -0.595. The fourth-order valence-corrected chi connectivity index (χ4v) is 2.06. The molecule has 0 aliphatic rings. The van der Waals surface area contributed by atoms with E-state index < -0.39 is 5.91 Å². The van der Waals surface area contributed by atoms with E-state index >= 15 is 0 Å². The number of nitrogens with one attached hydrogen (secondary N) is 2. The molecule has 0 atom stereocenters. The molecule has 0 aliphatic carbocycles. The van der Waals surface area contributed by atoms with Crippen LogP contribution in [0, 0.1) is 0 Å². The Kier molecular flexibility index (Phi) is 5.96. The summed E-state index contributed by atoms with van der Waals surface area (Å²) in [5, 5.41) is 5.67. The van der Waals surface area contributed by atoms with Crippen LogP contribution in [0.3, 0.4) is 0 Å². The third-order valence-corrected chi connectivity index (χ3v) is 3.15. The van der Waals surface area contributed by atoms with Crippen LogP contribution in [0.25, 0.3) is 0 Å². The molecule has 0 radical (unpaired) electrons. The fraction of sp³-hybridized carbons (Fsp3) is 0.111. The van der Waals surface area contributed by atoms with Crippen LogP contribution in [0.15, 0.2) is 61.2 Å². The number of para-hydroxylation sites is 3. The summed E-state index contributed by atoms with van der Waals surface area (Å²) in [6.07, 6.45) is 1.64. The first-order valence-electron chi connectivity index (χ1n) is 7.37. The molecule has 6 nitrogen and oxygen atoms in total. The van der Waals surface area contributed by atoms with E-state index in [0.717, 1.165) is 0 Å². The molecule has 2 aromatic carbocycles. The minimum absolute atomic E-state index is 0.0154. The van der Waals surface area contributed by atoms with Crippen LogP contribution in [0.2, 0.25) is 0 Å². The Labute approximate surface area is 140 Å². The van der Waals surface area contributed by atoms with Gasteiger partial charge in [-0.3, -0.25) is 9.59 Å². The predicted molar refractivity (Wildman–Crippen MR) is 94.2 cm³/mol. The van der Waals surface area contributed by atoms with Gasteiger partial charge in [0.05, 0.1) is 23.5 Å². The molecule has 124 valence electrons. The first-order chi connectivity index (χ1) is 11.6. The molecule has 0 fully saturated rings. The summed E-state index contributed by atoms with van der Waals surface area (Å²) < 4.78 is 5.51. The summed E-state index contributed by atoms with van der Waals surface area (Å²) in [6, 6.07) is 13.9. The molecule has 0 spiro atoms. The summed E-state index contributed by atoms with van der Waals surface area (Å²) in [4.78, 5) is 23.5. The third-order valence-electron chi connectivity index (χ3n) is 3.15. The van der Waals surface area contributed by atoms with E-state index in [9.17, 15) is 9.59 Å². The summed E-state index contributed by atoms with van der Waals surface area (Å²) >= 11 is 0. The van der Waals surface area contributed by atoms with Crippen molar-refractivity contribution in [3.05, 3.63) is 66.7 Å². The summed E-state index contributed by atoms with van der Waals surface area (Å²) in [7, 11) is 0. The van der Waals surface area contributed by atoms with Crippen molar-refractivity contribution in [1.82, 2.24) is 0 Å². The smallest absolute Gasteiger partial charge is 0.250 e. The van der Waals surface area contributed by atoms with Gasteiger partial charge in [0, 0.05) is 0 Å². The monoisotopic (exact) mass is 325 g/mol. The molecule has 0 aliphatic heterocycles. The average Bonchev–Trinajstić information content (AvgIpc) is 2.59. The lowest BCUT2D eigenvalue weighted by atomic mass is 10.1. The highest BCUT2D eigenvalue weighted by Gasteiger charge is 2.11. The van der Waals surface area contributed by atoms with Crippen LogP contribution >= 0.6 is 0 Å². The molecule has 24 heavy (non-hydrogen) atoms. The molecule has 6 heteroatoms. The van der Waals surface area contributed by atoms with Crippen LogP contribution in [0.5, 0.6) is 5.75 Å². The summed E-state index contributed by atoms with van der Waals surface area (Å²) in [6.45, 7) is 3.99. The van der Waals surface area contributed by atoms with Crippen LogP contribution < -0.4 is 21.1 Å². The molecular weight excluding hydrogens is 306 g/mol. The predicted octanol–water partition coefficient (Wildman–Crippen LogP) is 2.40. The lowest BCUT2D eigenvalue weighted by molar-refractivity contribution is -0.114. The molecular formula is C18H19N3O3. The van der Waals surface area contributed by atoms with Crippen LogP contribution in [0.1, 0.15) is 10.4 Å². The third kappa shape index (κ3) is 4.61. The van der Waals surface area contributed by atoms with Crippen LogP contribution in [0.4, 0.5) is 11.4 Å². The van der Waals surface area contributed by atoms with E-state index in [0.29, 0.717) is 23.7 Å². The maximum Gasteiger partial charge on any atom is 0.250 e. The zero-order valence-electron chi connectivity index (χ0n) is 13.1. The van der Waals surface area contributed by atoms with Crippen molar-refractivity contribution in [2.24, 2.45) is 5.73 Å². The number of amides is 2. The molecule has 0 bridgehead atoms. The van der Waals surface area contributed by atoms with Gasteiger partial charge in [0.2, 0.25) is 5.91 Å². The van der Waals surface area contributed by atoms with Gasteiger partial charge in [-0.05, 0) is 24.3 Å². The number of primary amides is 1. The second-order valence-corrected chi connectivity index (χ2v) is 4.91. The van der Waals surface area contributed by atoms with Gasteiger partial charge in [-0.25, -0.2) is 0 Å². The normalized spacial score (nSPS) is 9.83. The van der Waals surface area contributed by atoms with Crippen molar-refractivity contribution < 1.29 is 14.3 Å². The van der Waals surface area contributed by atoms with Crippen molar-refractivity contribution in [1.29, 1.82) is 0 Å². The standard InChI is InChI=1S/C18H19N3O3/c1-2-11-24-16-10-6-5-9-15(16)20-12-17(22)21-14-8-4-3-7-13(14)18(19)23/h2-10,20H,1,11-12H2,(H2,19,23)(H,21,22). The first-order valence-corrected chi connectivity index (χ1v) is 7.37. The number of nitrogens with two attached hydrogens (primary N) is 1. The molecule has 0 unspecified atom stereocenters. The van der Waals surface area contributed by atoms with Gasteiger partial charge in [-0.1, -0.05) is 36.9 Å². The molecule has 2 amide bonds. The molecule has 0 heterocycles. The topological polar surface area (TPSA) is 93.4 Å². The van der Waals surface area contributed by atoms with E-state index in [1.807, 2.05) is 18.2 Å². The lowest BCUT2D eigenvalue weighted by Crippen LogP contribution is -2.24. The second kappa shape index (κ2) is 8.38. The SMILES string of the molecule is C=CCOc1ccccc1NCC(=O)Nc1ccccc1C(N)=O. The Morgan fingerprint density at radius 2 is 1.75 bits per heavy atom. The lowest BCUT2D eigenvalue weighted by Gasteiger charge is -2.13. The van der Waals surface area contributed by atoms with Gasteiger partial charge >= 0.3 is 0 Å². The molecule has 0 aromatic heterocycles. The fourth-order valence-electron chi connectivity index (χ4n) is 2.06.